The molecule has 0 amide bonds. The predicted molar refractivity (Wildman–Crippen MR) is 219 cm³/mol. The first kappa shape index (κ1) is 30.5. The van der Waals surface area contributed by atoms with Crippen molar-refractivity contribution >= 4 is 16.7 Å². The average molecular weight is 692 g/mol. The lowest BCUT2D eigenvalue weighted by Gasteiger charge is -2.39. The van der Waals surface area contributed by atoms with Gasteiger partial charge in [0.15, 0.2) is 0 Å². The maximum Gasteiger partial charge on any atom is 0.145 e. The van der Waals surface area contributed by atoms with Gasteiger partial charge in [-0.05, 0) is 105 Å². The zero-order chi connectivity index (χ0) is 35.8. The number of anilines is 1. The van der Waals surface area contributed by atoms with Crippen LogP contribution in [0.15, 0.2) is 188 Å². The number of nitrogen functional groups attached to an aromatic ring is 1. The van der Waals surface area contributed by atoms with Crippen molar-refractivity contribution in [2.24, 2.45) is 0 Å². The Balaban J connectivity index is 1.09. The van der Waals surface area contributed by atoms with E-state index in [1.165, 1.54) is 22.3 Å². The molecule has 254 valence electrons. The molecule has 0 radical (unpaired) electrons. The molecule has 54 heavy (non-hydrogen) atoms. The molecule has 4 heteroatoms. The third kappa shape index (κ3) is 4.34. The lowest BCUT2D eigenvalue weighted by atomic mass is 9.66. The Bertz CT molecular complexity index is 2900. The van der Waals surface area contributed by atoms with Gasteiger partial charge < -0.3 is 10.5 Å². The van der Waals surface area contributed by atoms with Crippen LogP contribution in [0.25, 0.3) is 61.5 Å². The summed E-state index contributed by atoms with van der Waals surface area (Å²) in [5, 5.41) is 0. The van der Waals surface area contributed by atoms with E-state index in [-0.39, 0.29) is 0 Å². The molecular weight excluding hydrogens is 659 g/mol. The number of imidazole rings is 1. The lowest BCUT2D eigenvalue weighted by molar-refractivity contribution is 0.436. The van der Waals surface area contributed by atoms with Gasteiger partial charge in [0.1, 0.15) is 17.3 Å². The molecule has 0 saturated heterocycles. The number of nitrogens with two attached hydrogens (primary N) is 1. The molecule has 9 aromatic rings. The molecular formula is C50H33N3O. The van der Waals surface area contributed by atoms with Gasteiger partial charge in [-0.3, -0.25) is 4.57 Å². The molecule has 1 aromatic heterocycles. The molecule has 1 aliphatic heterocycles. The first-order chi connectivity index (χ1) is 26.7. The third-order valence-electron chi connectivity index (χ3n) is 11.2. The Morgan fingerprint density at radius 2 is 1.07 bits per heavy atom. The molecule has 2 heterocycles. The summed E-state index contributed by atoms with van der Waals surface area (Å²) in [5.74, 6) is 2.66. The minimum atomic E-state index is -0.560. The van der Waals surface area contributed by atoms with Crippen LogP contribution in [0.1, 0.15) is 22.3 Å². The van der Waals surface area contributed by atoms with Crippen LogP contribution in [0.4, 0.5) is 5.69 Å². The van der Waals surface area contributed by atoms with Gasteiger partial charge >= 0.3 is 0 Å². The highest BCUT2D eigenvalue weighted by atomic mass is 16.5. The zero-order valence-corrected chi connectivity index (χ0v) is 29.3. The summed E-state index contributed by atoms with van der Waals surface area (Å²) in [6.07, 6.45) is 0. The molecule has 2 aliphatic rings. The van der Waals surface area contributed by atoms with Crippen molar-refractivity contribution in [2.75, 3.05) is 5.73 Å². The standard InChI is InChI=1S/C50H33N3O/c51-36-27-28-40-39(31-36)48-38(19-12-22-43(48)50(40)41-20-4-8-25-46(41)54-47-26-9-5-21-42(47)50)34-15-10-13-32(29-34)33-14-11-16-35(30-33)49-52-44-23-6-7-24-45(44)53(49)37-17-2-1-3-18-37/h1-31H,51H2. The van der Waals surface area contributed by atoms with Gasteiger partial charge in [-0.15, -0.1) is 0 Å². The quantitative estimate of drug-likeness (QED) is 0.187. The van der Waals surface area contributed by atoms with Crippen LogP contribution in [0.5, 0.6) is 11.5 Å². The van der Waals surface area contributed by atoms with Crippen molar-refractivity contribution in [2.45, 2.75) is 5.41 Å². The first-order valence-electron chi connectivity index (χ1n) is 18.3. The van der Waals surface area contributed by atoms with E-state index in [1.54, 1.807) is 0 Å². The molecule has 8 aromatic carbocycles. The van der Waals surface area contributed by atoms with E-state index in [2.05, 4.69) is 174 Å². The second-order valence-corrected chi connectivity index (χ2v) is 14.1. The van der Waals surface area contributed by atoms with E-state index in [0.717, 1.165) is 78.7 Å². The molecule has 0 saturated carbocycles. The topological polar surface area (TPSA) is 53.1 Å². The second-order valence-electron chi connectivity index (χ2n) is 14.1. The number of para-hydroxylation sites is 5. The molecule has 0 bridgehead atoms. The van der Waals surface area contributed by atoms with Crippen molar-refractivity contribution in [1.82, 2.24) is 9.55 Å². The Hall–Kier alpha value is -7.17. The van der Waals surface area contributed by atoms with Crippen LogP contribution >= 0.6 is 0 Å². The molecule has 0 atom stereocenters. The van der Waals surface area contributed by atoms with E-state index >= 15 is 0 Å². The van der Waals surface area contributed by atoms with Crippen LogP contribution < -0.4 is 10.5 Å². The highest BCUT2D eigenvalue weighted by Gasteiger charge is 2.51. The average Bonchev–Trinajstić information content (AvgIpc) is 3.76. The van der Waals surface area contributed by atoms with Crippen LogP contribution in [0, 0.1) is 0 Å². The second kappa shape index (κ2) is 11.7. The molecule has 11 rings (SSSR count). The fourth-order valence-corrected chi connectivity index (χ4v) is 8.97. The number of fused-ring (bicyclic) bond motifs is 10. The molecule has 0 fully saturated rings. The first-order valence-corrected chi connectivity index (χ1v) is 18.3. The fourth-order valence-electron chi connectivity index (χ4n) is 8.97. The smallest absolute Gasteiger partial charge is 0.145 e. The Morgan fingerprint density at radius 3 is 1.85 bits per heavy atom. The number of aromatic nitrogens is 2. The van der Waals surface area contributed by atoms with Gasteiger partial charge in [-0.1, -0.05) is 127 Å². The number of nitrogens with zero attached hydrogens (tertiary/aromatic N) is 2. The Labute approximate surface area is 313 Å². The van der Waals surface area contributed by atoms with Gasteiger partial charge in [-0.25, -0.2) is 4.98 Å². The minimum Gasteiger partial charge on any atom is -0.457 e. The van der Waals surface area contributed by atoms with Crippen molar-refractivity contribution in [1.29, 1.82) is 0 Å². The van der Waals surface area contributed by atoms with Crippen molar-refractivity contribution in [3.63, 3.8) is 0 Å². The summed E-state index contributed by atoms with van der Waals surface area (Å²) < 4.78 is 8.81. The maximum absolute atomic E-state index is 6.59. The van der Waals surface area contributed by atoms with E-state index in [1.807, 2.05) is 18.2 Å². The van der Waals surface area contributed by atoms with E-state index in [4.69, 9.17) is 15.5 Å². The zero-order valence-electron chi connectivity index (χ0n) is 29.3. The van der Waals surface area contributed by atoms with Crippen LogP contribution in [-0.4, -0.2) is 9.55 Å². The predicted octanol–water partition coefficient (Wildman–Crippen LogP) is 12.1. The maximum atomic E-state index is 6.59. The van der Waals surface area contributed by atoms with Crippen molar-refractivity contribution in [3.05, 3.63) is 210 Å². The van der Waals surface area contributed by atoms with Crippen molar-refractivity contribution < 1.29 is 4.74 Å². The molecule has 1 aliphatic carbocycles. The summed E-state index contributed by atoms with van der Waals surface area (Å²) in [4.78, 5) is 5.14. The molecule has 4 nitrogen and oxygen atoms in total. The van der Waals surface area contributed by atoms with E-state index < -0.39 is 5.41 Å². The summed E-state index contributed by atoms with van der Waals surface area (Å²) >= 11 is 0. The SMILES string of the molecule is Nc1ccc2c(c1)-c1c(-c3cccc(-c4cccc(-c5nc6ccccc6n5-c5ccccc5)c4)c3)cccc1C21c2ccccc2Oc2ccccc21. The van der Waals surface area contributed by atoms with Gasteiger partial charge in [0.25, 0.3) is 0 Å². The van der Waals surface area contributed by atoms with Gasteiger partial charge in [0.05, 0.1) is 16.4 Å². The van der Waals surface area contributed by atoms with Crippen LogP contribution in [0.3, 0.4) is 0 Å². The van der Waals surface area contributed by atoms with E-state index in [9.17, 15) is 0 Å². The van der Waals surface area contributed by atoms with Gasteiger partial charge in [0, 0.05) is 28.1 Å². The van der Waals surface area contributed by atoms with Gasteiger partial charge in [-0.2, -0.15) is 0 Å². The summed E-state index contributed by atoms with van der Waals surface area (Å²) in [6, 6.07) is 66.5. The number of rotatable bonds is 4. The third-order valence-corrected chi connectivity index (χ3v) is 11.2. The van der Waals surface area contributed by atoms with Crippen molar-refractivity contribution in [3.8, 4) is 62.0 Å². The fraction of sp³-hybridized carbons (Fsp3) is 0.0200. The van der Waals surface area contributed by atoms with E-state index in [0.29, 0.717) is 0 Å². The number of ether oxygens (including phenoxy) is 1. The van der Waals surface area contributed by atoms with Crippen LogP contribution in [-0.2, 0) is 5.41 Å². The minimum absolute atomic E-state index is 0.560. The highest BCUT2D eigenvalue weighted by molar-refractivity contribution is 5.98. The summed E-state index contributed by atoms with van der Waals surface area (Å²) in [7, 11) is 0. The summed E-state index contributed by atoms with van der Waals surface area (Å²) in [5.41, 5.74) is 22.6. The molecule has 1 spiro atoms. The largest absolute Gasteiger partial charge is 0.457 e. The molecule has 0 unspecified atom stereocenters. The highest BCUT2D eigenvalue weighted by Crippen LogP contribution is 2.63. The Kier molecular flexibility index (Phi) is 6.58. The lowest BCUT2D eigenvalue weighted by Crippen LogP contribution is -2.32. The van der Waals surface area contributed by atoms with Crippen LogP contribution in [0.2, 0.25) is 0 Å². The number of benzene rings is 8. The molecule has 2 N–H and O–H groups in total. The number of hydrogen-bond acceptors (Lipinski definition) is 3. The normalized spacial score (nSPS) is 13.2. The van der Waals surface area contributed by atoms with Gasteiger partial charge in [0.2, 0.25) is 0 Å². The number of hydrogen-bond donors (Lipinski definition) is 1. The monoisotopic (exact) mass is 691 g/mol. The summed E-state index contributed by atoms with van der Waals surface area (Å²) in [6.45, 7) is 0. The Morgan fingerprint density at radius 1 is 0.463 bits per heavy atom.